The van der Waals surface area contributed by atoms with Crippen molar-refractivity contribution in [3.8, 4) is 0 Å². The topological polar surface area (TPSA) is 66.4 Å². The quantitative estimate of drug-likeness (QED) is 0.426. The van der Waals surface area contributed by atoms with Gasteiger partial charge in [-0.3, -0.25) is 17.3 Å². The van der Waals surface area contributed by atoms with Crippen molar-refractivity contribution in [1.82, 2.24) is 9.88 Å². The Morgan fingerprint density at radius 1 is 1.31 bits per heavy atom. The van der Waals surface area contributed by atoms with Crippen molar-refractivity contribution in [2.45, 2.75) is 12.7 Å². The molecular formula is C17H14ClIN4O2S. The highest BCUT2D eigenvalue weighted by Gasteiger charge is 2.26. The maximum Gasteiger partial charge on any atom is 0.308 e. The van der Waals surface area contributed by atoms with E-state index in [-0.39, 0.29) is 23.5 Å². The Bertz CT molecular complexity index is 1050. The summed E-state index contributed by atoms with van der Waals surface area (Å²) in [6.45, 7) is 0.397. The first kappa shape index (κ1) is 17.6. The molecule has 0 saturated heterocycles. The van der Waals surface area contributed by atoms with E-state index in [9.17, 15) is 9.59 Å². The van der Waals surface area contributed by atoms with Gasteiger partial charge in [0.2, 0.25) is 5.91 Å². The number of amides is 1. The van der Waals surface area contributed by atoms with E-state index < -0.39 is 0 Å². The van der Waals surface area contributed by atoms with Gasteiger partial charge in [0.15, 0.2) is 0 Å². The van der Waals surface area contributed by atoms with Crippen LogP contribution in [0.15, 0.2) is 47.3 Å². The zero-order chi connectivity index (χ0) is 18.3. The smallest absolute Gasteiger partial charge is 0.308 e. The lowest BCUT2D eigenvalue weighted by Crippen LogP contribution is -2.42. The Morgan fingerprint density at radius 3 is 2.92 bits per heavy atom. The van der Waals surface area contributed by atoms with Crippen molar-refractivity contribution in [2.75, 3.05) is 15.0 Å². The SMILES string of the molecule is O=C(Cn1c(=O)sc2ccc(Cl)cc21)NCC1Nc2ccccc2N1I. The van der Waals surface area contributed by atoms with Gasteiger partial charge in [-0.2, -0.15) is 0 Å². The van der Waals surface area contributed by atoms with Crippen molar-refractivity contribution in [3.05, 3.63) is 57.2 Å². The molecule has 9 heteroatoms. The van der Waals surface area contributed by atoms with Crippen LogP contribution in [0.4, 0.5) is 11.4 Å². The van der Waals surface area contributed by atoms with Gasteiger partial charge in [0.1, 0.15) is 12.7 Å². The molecule has 0 spiro atoms. The van der Waals surface area contributed by atoms with E-state index in [1.807, 2.05) is 24.3 Å². The zero-order valence-corrected chi connectivity index (χ0v) is 17.1. The first-order chi connectivity index (χ1) is 12.5. The van der Waals surface area contributed by atoms with Crippen molar-refractivity contribution >= 4 is 73.3 Å². The minimum absolute atomic E-state index is 0.0277. The Labute approximate surface area is 172 Å². The number of hydrogen-bond acceptors (Lipinski definition) is 5. The number of rotatable bonds is 4. The number of hydrogen-bond donors (Lipinski definition) is 2. The van der Waals surface area contributed by atoms with E-state index in [4.69, 9.17) is 11.6 Å². The lowest BCUT2D eigenvalue weighted by Gasteiger charge is -2.20. The van der Waals surface area contributed by atoms with Crippen LogP contribution in [0.5, 0.6) is 0 Å². The third-order valence-electron chi connectivity index (χ3n) is 4.15. The molecule has 1 aliphatic heterocycles. The van der Waals surface area contributed by atoms with Crippen LogP contribution in [0.2, 0.25) is 5.02 Å². The van der Waals surface area contributed by atoms with Gasteiger partial charge in [0.05, 0.1) is 51.0 Å². The van der Waals surface area contributed by atoms with Crippen LogP contribution >= 0.6 is 45.8 Å². The van der Waals surface area contributed by atoms with Gasteiger partial charge in [-0.25, -0.2) is 0 Å². The summed E-state index contributed by atoms with van der Waals surface area (Å²) in [6, 6.07) is 13.2. The van der Waals surface area contributed by atoms with Crippen molar-refractivity contribution < 1.29 is 4.79 Å². The number of halogens is 2. The van der Waals surface area contributed by atoms with E-state index in [1.54, 1.807) is 18.2 Å². The molecule has 4 rings (SSSR count). The number of carbonyl (C=O) groups excluding carboxylic acids is 1. The molecular weight excluding hydrogens is 487 g/mol. The summed E-state index contributed by atoms with van der Waals surface area (Å²) >= 11 is 9.36. The maximum absolute atomic E-state index is 12.4. The summed E-state index contributed by atoms with van der Waals surface area (Å²) in [5.74, 6) is -0.214. The minimum atomic E-state index is -0.214. The van der Waals surface area contributed by atoms with Crippen LogP contribution in [-0.4, -0.2) is 23.2 Å². The van der Waals surface area contributed by atoms with Crippen LogP contribution in [0.3, 0.4) is 0 Å². The molecule has 0 aliphatic carbocycles. The average molecular weight is 501 g/mol. The molecule has 1 unspecified atom stereocenters. The predicted octanol–water partition coefficient (Wildman–Crippen LogP) is 3.44. The zero-order valence-electron chi connectivity index (χ0n) is 13.4. The highest BCUT2D eigenvalue weighted by molar-refractivity contribution is 14.1. The summed E-state index contributed by atoms with van der Waals surface area (Å²) in [6.07, 6.45) is -0.0395. The van der Waals surface area contributed by atoms with Gasteiger partial charge in [-0.1, -0.05) is 35.1 Å². The molecule has 1 atom stereocenters. The van der Waals surface area contributed by atoms with E-state index in [0.717, 1.165) is 27.4 Å². The standard InChI is InChI=1S/C17H14ClIN4O2S/c18-10-5-6-14-13(7-10)22(17(25)26-14)9-16(24)20-8-15-21-11-3-1-2-4-12(11)23(15)19/h1-7,15,21H,8-9H2,(H,20,24). The van der Waals surface area contributed by atoms with Gasteiger partial charge in [-0.05, 0) is 30.3 Å². The molecule has 134 valence electrons. The fourth-order valence-electron chi connectivity index (χ4n) is 2.91. The third kappa shape index (κ3) is 3.28. The summed E-state index contributed by atoms with van der Waals surface area (Å²) in [5.41, 5.74) is 2.81. The molecule has 26 heavy (non-hydrogen) atoms. The highest BCUT2D eigenvalue weighted by atomic mass is 127. The largest absolute Gasteiger partial charge is 0.361 e. The molecule has 1 amide bonds. The first-order valence-electron chi connectivity index (χ1n) is 7.89. The van der Waals surface area contributed by atoms with E-state index >= 15 is 0 Å². The molecule has 0 fully saturated rings. The second kappa shape index (κ2) is 7.09. The third-order valence-corrected chi connectivity index (χ3v) is 6.54. The second-order valence-electron chi connectivity index (χ2n) is 5.86. The first-order valence-corrected chi connectivity index (χ1v) is 10.0. The van der Waals surface area contributed by atoms with Crippen LogP contribution in [0.1, 0.15) is 0 Å². The Hall–Kier alpha value is -1.78. The van der Waals surface area contributed by atoms with Gasteiger partial charge in [-0.15, -0.1) is 0 Å². The highest BCUT2D eigenvalue weighted by Crippen LogP contribution is 2.36. The normalized spacial score (nSPS) is 15.8. The van der Waals surface area contributed by atoms with Crippen LogP contribution in [-0.2, 0) is 11.3 Å². The predicted molar refractivity (Wildman–Crippen MR) is 114 cm³/mol. The van der Waals surface area contributed by atoms with Crippen LogP contribution in [0.25, 0.3) is 10.2 Å². The molecule has 0 radical (unpaired) electrons. The maximum atomic E-state index is 12.4. The van der Waals surface area contributed by atoms with Crippen molar-refractivity contribution in [1.29, 1.82) is 0 Å². The second-order valence-corrected chi connectivity index (χ2v) is 8.33. The molecule has 2 aromatic carbocycles. The number of para-hydroxylation sites is 2. The number of carbonyl (C=O) groups is 1. The minimum Gasteiger partial charge on any atom is -0.361 e. The van der Waals surface area contributed by atoms with Gasteiger partial charge >= 0.3 is 4.87 Å². The summed E-state index contributed by atoms with van der Waals surface area (Å²) in [5, 5.41) is 6.81. The molecule has 2 heterocycles. The Kier molecular flexibility index (Phi) is 4.80. The van der Waals surface area contributed by atoms with Gasteiger partial charge in [0, 0.05) is 5.02 Å². The summed E-state index contributed by atoms with van der Waals surface area (Å²) in [4.78, 5) is 24.4. The number of fused-ring (bicyclic) bond motifs is 2. The molecule has 3 aromatic rings. The summed E-state index contributed by atoms with van der Waals surface area (Å²) < 4.78 is 4.33. The Morgan fingerprint density at radius 2 is 2.12 bits per heavy atom. The van der Waals surface area contributed by atoms with Crippen LogP contribution in [0, 0.1) is 0 Å². The number of benzene rings is 2. The van der Waals surface area contributed by atoms with Crippen LogP contribution < -0.4 is 18.6 Å². The van der Waals surface area contributed by atoms with E-state index in [0.29, 0.717) is 17.1 Å². The molecule has 6 nitrogen and oxygen atoms in total. The molecule has 1 aliphatic rings. The van der Waals surface area contributed by atoms with Gasteiger partial charge in [0.25, 0.3) is 0 Å². The van der Waals surface area contributed by atoms with Gasteiger partial charge < -0.3 is 10.6 Å². The average Bonchev–Trinajstić information content (AvgIpc) is 3.11. The molecule has 0 saturated carbocycles. The number of nitrogens with one attached hydrogen (secondary N) is 2. The monoisotopic (exact) mass is 500 g/mol. The van der Waals surface area contributed by atoms with E-state index in [2.05, 4.69) is 36.6 Å². The van der Waals surface area contributed by atoms with E-state index in [1.165, 1.54) is 4.57 Å². The molecule has 0 bridgehead atoms. The Balaban J connectivity index is 1.44. The molecule has 2 N–H and O–H groups in total. The fourth-order valence-corrected chi connectivity index (χ4v) is 4.71. The number of anilines is 2. The number of thiazole rings is 1. The summed E-state index contributed by atoms with van der Waals surface area (Å²) in [7, 11) is 0. The lowest BCUT2D eigenvalue weighted by molar-refractivity contribution is -0.121. The number of aromatic nitrogens is 1. The number of nitrogens with zero attached hydrogens (tertiary/aromatic N) is 2. The lowest BCUT2D eigenvalue weighted by atomic mass is 10.3. The van der Waals surface area contributed by atoms with Crippen molar-refractivity contribution in [3.63, 3.8) is 0 Å². The molecule has 1 aromatic heterocycles. The fraction of sp³-hybridized carbons (Fsp3) is 0.176. The van der Waals surface area contributed by atoms with Crippen molar-refractivity contribution in [2.24, 2.45) is 0 Å².